The Balaban J connectivity index is 2.60. The highest BCUT2D eigenvalue weighted by Crippen LogP contribution is 2.33. The fourth-order valence-corrected chi connectivity index (χ4v) is 1.62. The van der Waals surface area contributed by atoms with Crippen LogP contribution >= 0.6 is 31.9 Å². The number of halogens is 2. The number of fused-ring (bicyclic) bond motifs is 1. The molecule has 0 amide bonds. The van der Waals surface area contributed by atoms with E-state index in [-0.39, 0.29) is 0 Å². The minimum Gasteiger partial charge on any atom is -0.235 e. The van der Waals surface area contributed by atoms with Crippen molar-refractivity contribution in [2.24, 2.45) is 0 Å². The summed E-state index contributed by atoms with van der Waals surface area (Å²) in [4.78, 5) is 4.11. The van der Waals surface area contributed by atoms with E-state index in [9.17, 15) is 0 Å². The standard InChI is InChI=1S/C7H3Br2N2/c8-4-1-5-6(9)3-11-7(5)10-2-4/h1-3H. The summed E-state index contributed by atoms with van der Waals surface area (Å²) in [6.07, 6.45) is 3.49. The predicted octanol–water partition coefficient (Wildman–Crippen LogP) is 2.79. The highest BCUT2D eigenvalue weighted by molar-refractivity contribution is 9.15. The van der Waals surface area contributed by atoms with Crippen molar-refractivity contribution in [3.05, 3.63) is 28.5 Å². The molecule has 0 saturated carbocycles. The average Bonchev–Trinajstić information content (AvgIpc) is 2.33. The van der Waals surface area contributed by atoms with Gasteiger partial charge >= 0.3 is 0 Å². The Morgan fingerprint density at radius 3 is 2.91 bits per heavy atom. The van der Waals surface area contributed by atoms with E-state index in [1.165, 1.54) is 0 Å². The molecule has 0 N–H and O–H groups in total. The van der Waals surface area contributed by atoms with Crippen LogP contribution in [0.4, 0.5) is 5.82 Å². The van der Waals surface area contributed by atoms with Gasteiger partial charge in [0, 0.05) is 26.9 Å². The maximum absolute atomic E-state index is 4.11. The van der Waals surface area contributed by atoms with Crippen LogP contribution in [0.2, 0.25) is 0 Å². The van der Waals surface area contributed by atoms with Gasteiger partial charge in [0.05, 0.1) is 0 Å². The van der Waals surface area contributed by atoms with Crippen molar-refractivity contribution in [3.8, 4) is 0 Å². The predicted molar refractivity (Wildman–Crippen MR) is 50.6 cm³/mol. The van der Waals surface area contributed by atoms with E-state index >= 15 is 0 Å². The summed E-state index contributed by atoms with van der Waals surface area (Å²) in [7, 11) is 0. The summed E-state index contributed by atoms with van der Waals surface area (Å²) in [5.74, 6) is 0.778. The molecule has 0 aromatic carbocycles. The molecular formula is C7H3Br2N2. The highest BCUT2D eigenvalue weighted by Gasteiger charge is 2.13. The Labute approximate surface area is 81.0 Å². The van der Waals surface area contributed by atoms with Crippen molar-refractivity contribution in [1.82, 2.24) is 10.3 Å². The van der Waals surface area contributed by atoms with Crippen LogP contribution in [0.5, 0.6) is 0 Å². The van der Waals surface area contributed by atoms with Gasteiger partial charge in [-0.15, -0.1) is 0 Å². The molecule has 0 spiro atoms. The second-order valence-electron chi connectivity index (χ2n) is 2.13. The van der Waals surface area contributed by atoms with Gasteiger partial charge in [0.25, 0.3) is 0 Å². The Bertz CT molecular complexity index is 333. The van der Waals surface area contributed by atoms with Crippen LogP contribution in [-0.4, -0.2) is 4.98 Å². The minimum absolute atomic E-state index is 0.778. The van der Waals surface area contributed by atoms with Crippen molar-refractivity contribution in [1.29, 1.82) is 0 Å². The van der Waals surface area contributed by atoms with Crippen LogP contribution in [0.3, 0.4) is 0 Å². The van der Waals surface area contributed by atoms with E-state index < -0.39 is 0 Å². The van der Waals surface area contributed by atoms with E-state index in [2.05, 4.69) is 42.2 Å². The largest absolute Gasteiger partial charge is 0.235 e. The molecule has 2 heterocycles. The fourth-order valence-electron chi connectivity index (χ4n) is 0.898. The maximum Gasteiger partial charge on any atom is 0.160 e. The molecule has 11 heavy (non-hydrogen) atoms. The Hall–Kier alpha value is -0.350. The number of aromatic nitrogens is 1. The van der Waals surface area contributed by atoms with Gasteiger partial charge in [0.15, 0.2) is 5.82 Å². The molecule has 4 heteroatoms. The molecular weight excluding hydrogens is 272 g/mol. The van der Waals surface area contributed by atoms with Crippen LogP contribution in [0.25, 0.3) is 4.48 Å². The summed E-state index contributed by atoms with van der Waals surface area (Å²) in [6, 6.07) is 1.99. The zero-order valence-corrected chi connectivity index (χ0v) is 8.55. The van der Waals surface area contributed by atoms with E-state index in [1.54, 1.807) is 12.4 Å². The van der Waals surface area contributed by atoms with E-state index in [0.29, 0.717) is 0 Å². The lowest BCUT2D eigenvalue weighted by Crippen LogP contribution is -1.85. The second-order valence-corrected chi connectivity index (χ2v) is 3.90. The first kappa shape index (κ1) is 7.31. The third-order valence-corrected chi connectivity index (χ3v) is 2.46. The fraction of sp³-hybridized carbons (Fsp3) is 0. The van der Waals surface area contributed by atoms with Gasteiger partial charge in [-0.3, -0.25) is 0 Å². The lowest BCUT2D eigenvalue weighted by atomic mass is 10.3. The molecule has 1 aromatic rings. The Morgan fingerprint density at radius 1 is 1.27 bits per heavy atom. The lowest BCUT2D eigenvalue weighted by Gasteiger charge is -1.96. The smallest absolute Gasteiger partial charge is 0.160 e. The third-order valence-electron chi connectivity index (χ3n) is 1.39. The molecule has 2 rings (SSSR count). The molecule has 1 aromatic heterocycles. The van der Waals surface area contributed by atoms with Crippen LogP contribution in [0, 0.1) is 0 Å². The van der Waals surface area contributed by atoms with Crippen molar-refractivity contribution in [2.45, 2.75) is 0 Å². The average molecular weight is 275 g/mol. The quantitative estimate of drug-likeness (QED) is 0.715. The van der Waals surface area contributed by atoms with Gasteiger partial charge < -0.3 is 0 Å². The second kappa shape index (κ2) is 2.60. The summed E-state index contributed by atoms with van der Waals surface area (Å²) >= 11 is 6.72. The molecule has 2 nitrogen and oxygen atoms in total. The normalized spacial score (nSPS) is 13.8. The first-order valence-electron chi connectivity index (χ1n) is 3.00. The molecule has 55 valence electrons. The first-order chi connectivity index (χ1) is 5.27. The summed E-state index contributed by atoms with van der Waals surface area (Å²) in [5.41, 5.74) is 1.04. The van der Waals surface area contributed by atoms with E-state index in [4.69, 9.17) is 0 Å². The molecule has 0 aliphatic carbocycles. The number of hydrogen-bond donors (Lipinski definition) is 0. The molecule has 0 atom stereocenters. The minimum atomic E-state index is 0.778. The van der Waals surface area contributed by atoms with Crippen LogP contribution < -0.4 is 5.32 Å². The third kappa shape index (κ3) is 1.20. The summed E-state index contributed by atoms with van der Waals surface area (Å²) in [6.45, 7) is 0. The van der Waals surface area contributed by atoms with Crippen molar-refractivity contribution in [2.75, 3.05) is 0 Å². The molecule has 1 aliphatic rings. The summed E-state index contributed by atoms with van der Waals surface area (Å²) in [5, 5.41) is 4.08. The van der Waals surface area contributed by atoms with Crippen LogP contribution in [-0.2, 0) is 0 Å². The SMILES string of the molecule is BrC1=C[N]c2ncc(Br)cc21. The van der Waals surface area contributed by atoms with Gasteiger partial charge in [0.2, 0.25) is 0 Å². The van der Waals surface area contributed by atoms with Gasteiger partial charge in [-0.05, 0) is 37.9 Å². The Kier molecular flexibility index (Phi) is 1.73. The molecule has 1 radical (unpaired) electrons. The molecule has 0 saturated heterocycles. The van der Waals surface area contributed by atoms with Crippen LogP contribution in [0.15, 0.2) is 22.9 Å². The monoisotopic (exact) mass is 273 g/mol. The number of nitrogens with zero attached hydrogens (tertiary/aromatic N) is 2. The number of hydrogen-bond acceptors (Lipinski definition) is 1. The van der Waals surface area contributed by atoms with Gasteiger partial charge in [-0.25, -0.2) is 10.3 Å². The topological polar surface area (TPSA) is 27.0 Å². The zero-order chi connectivity index (χ0) is 7.84. The number of pyridine rings is 1. The molecule has 0 fully saturated rings. The van der Waals surface area contributed by atoms with Gasteiger partial charge in [0.1, 0.15) is 0 Å². The molecule has 0 unspecified atom stereocenters. The number of rotatable bonds is 0. The van der Waals surface area contributed by atoms with Gasteiger partial charge in [-0.2, -0.15) is 0 Å². The highest BCUT2D eigenvalue weighted by atomic mass is 79.9. The molecule has 0 bridgehead atoms. The van der Waals surface area contributed by atoms with E-state index in [0.717, 1.165) is 20.3 Å². The zero-order valence-electron chi connectivity index (χ0n) is 5.38. The summed E-state index contributed by atoms with van der Waals surface area (Å²) < 4.78 is 1.96. The van der Waals surface area contributed by atoms with Crippen molar-refractivity contribution in [3.63, 3.8) is 0 Å². The lowest BCUT2D eigenvalue weighted by molar-refractivity contribution is 1.11. The van der Waals surface area contributed by atoms with Crippen LogP contribution in [0.1, 0.15) is 5.56 Å². The maximum atomic E-state index is 4.11. The van der Waals surface area contributed by atoms with E-state index in [1.807, 2.05) is 6.07 Å². The molecule has 1 aliphatic heterocycles. The van der Waals surface area contributed by atoms with Gasteiger partial charge in [-0.1, -0.05) is 0 Å². The van der Waals surface area contributed by atoms with Crippen molar-refractivity contribution >= 4 is 42.2 Å². The first-order valence-corrected chi connectivity index (χ1v) is 4.58. The Morgan fingerprint density at radius 2 is 2.09 bits per heavy atom. The van der Waals surface area contributed by atoms with Crippen molar-refractivity contribution < 1.29 is 0 Å².